The quantitative estimate of drug-likeness (QED) is 0.805. The Kier molecular flexibility index (Phi) is 3.32. The van der Waals surface area contributed by atoms with E-state index in [1.807, 2.05) is 11.8 Å². The van der Waals surface area contributed by atoms with Gasteiger partial charge in [0.1, 0.15) is 0 Å². The van der Waals surface area contributed by atoms with E-state index in [-0.39, 0.29) is 0 Å². The van der Waals surface area contributed by atoms with Crippen molar-refractivity contribution in [2.24, 2.45) is 0 Å². The third-order valence-corrected chi connectivity index (χ3v) is 3.03. The number of hydrogen-bond donors (Lipinski definition) is 2. The first kappa shape index (κ1) is 13.5. The number of ketones is 1. The largest absolute Gasteiger partial charge is 0.389 e. The van der Waals surface area contributed by atoms with Crippen LogP contribution in [0.5, 0.6) is 0 Å². The highest BCUT2D eigenvalue weighted by Gasteiger charge is 2.28. The van der Waals surface area contributed by atoms with E-state index in [1.165, 1.54) is 0 Å². The molecule has 2 N–H and O–H groups in total. The fourth-order valence-electron chi connectivity index (χ4n) is 2.18. The molecule has 19 heavy (non-hydrogen) atoms. The van der Waals surface area contributed by atoms with Gasteiger partial charge in [-0.2, -0.15) is 0 Å². The molecule has 1 aromatic rings. The van der Waals surface area contributed by atoms with E-state index in [2.05, 4.69) is 5.32 Å². The van der Waals surface area contributed by atoms with E-state index in [9.17, 15) is 14.7 Å². The Hall–Kier alpha value is -1.88. The molecule has 1 aromatic carbocycles. The van der Waals surface area contributed by atoms with Crippen LogP contribution in [0.3, 0.4) is 0 Å². The van der Waals surface area contributed by atoms with Gasteiger partial charge in [-0.15, -0.1) is 0 Å². The van der Waals surface area contributed by atoms with Crippen molar-refractivity contribution in [3.8, 4) is 0 Å². The van der Waals surface area contributed by atoms with Gasteiger partial charge in [0.05, 0.1) is 16.9 Å². The van der Waals surface area contributed by atoms with Crippen LogP contribution in [0.1, 0.15) is 31.1 Å². The van der Waals surface area contributed by atoms with Crippen LogP contribution in [-0.2, 0) is 4.79 Å². The highest BCUT2D eigenvalue weighted by molar-refractivity contribution is 6.51. The molecule has 0 radical (unpaired) electrons. The number of hydrogen-bond acceptors (Lipinski definition) is 4. The fraction of sp³-hybridized carbons (Fsp3) is 0.429. The second kappa shape index (κ2) is 4.66. The number of anilines is 2. The zero-order chi connectivity index (χ0) is 14.2. The Balaban J connectivity index is 2.30. The van der Waals surface area contributed by atoms with Crippen molar-refractivity contribution >= 4 is 23.1 Å². The number of aliphatic hydroxyl groups is 1. The van der Waals surface area contributed by atoms with E-state index in [4.69, 9.17) is 0 Å². The number of benzene rings is 1. The predicted molar refractivity (Wildman–Crippen MR) is 73.6 cm³/mol. The lowest BCUT2D eigenvalue weighted by molar-refractivity contribution is -0.112. The van der Waals surface area contributed by atoms with Gasteiger partial charge in [0.25, 0.3) is 11.7 Å². The summed E-state index contributed by atoms with van der Waals surface area (Å²) in [7, 11) is 0. The topological polar surface area (TPSA) is 69.6 Å². The molecular formula is C14H18N2O3. The summed E-state index contributed by atoms with van der Waals surface area (Å²) in [6.07, 6.45) is 0. The molecule has 1 aliphatic rings. The number of nitrogens with one attached hydrogen (secondary N) is 1. The van der Waals surface area contributed by atoms with Gasteiger partial charge in [-0.25, -0.2) is 0 Å². The fourth-order valence-corrected chi connectivity index (χ4v) is 2.18. The summed E-state index contributed by atoms with van der Waals surface area (Å²) < 4.78 is 0. The summed E-state index contributed by atoms with van der Waals surface area (Å²) in [5, 5.41) is 12.4. The average molecular weight is 262 g/mol. The highest BCUT2D eigenvalue weighted by Crippen LogP contribution is 2.28. The van der Waals surface area contributed by atoms with Crippen LogP contribution in [0.2, 0.25) is 0 Å². The van der Waals surface area contributed by atoms with Crippen LogP contribution in [0.15, 0.2) is 18.2 Å². The summed E-state index contributed by atoms with van der Waals surface area (Å²) in [6, 6.07) is 5.22. The lowest BCUT2D eigenvalue weighted by atomic mass is 10.1. The molecule has 1 aliphatic heterocycles. The Morgan fingerprint density at radius 3 is 2.58 bits per heavy atom. The van der Waals surface area contributed by atoms with Crippen molar-refractivity contribution in [1.29, 1.82) is 0 Å². The number of likely N-dealkylation sites (N-methyl/N-ethyl adjacent to an activating group) is 1. The molecule has 5 nitrogen and oxygen atoms in total. The minimum atomic E-state index is -0.811. The standard InChI is InChI=1S/C14H18N2O3/c1-4-16(8-14(2,3)19)9-5-6-10-11(7-9)15-13(18)12(10)17/h5-7,19H,4,8H2,1-3H3,(H,15,17,18). The van der Waals surface area contributed by atoms with Gasteiger partial charge in [-0.3, -0.25) is 9.59 Å². The van der Waals surface area contributed by atoms with Crippen LogP contribution in [0.4, 0.5) is 11.4 Å². The molecule has 2 rings (SSSR count). The van der Waals surface area contributed by atoms with Crippen LogP contribution in [0, 0.1) is 0 Å². The molecule has 0 bridgehead atoms. The van der Waals surface area contributed by atoms with E-state index < -0.39 is 17.3 Å². The van der Waals surface area contributed by atoms with Crippen molar-refractivity contribution in [1.82, 2.24) is 0 Å². The normalized spacial score (nSPS) is 14.3. The Labute approximate surface area is 112 Å². The molecule has 0 atom stereocenters. The molecule has 102 valence electrons. The molecule has 0 aliphatic carbocycles. The second-order valence-corrected chi connectivity index (χ2v) is 5.34. The molecule has 0 spiro atoms. The SMILES string of the molecule is CCN(CC(C)(C)O)c1ccc2c(c1)NC(=O)C2=O. The number of rotatable bonds is 4. The van der Waals surface area contributed by atoms with Crippen molar-refractivity contribution in [2.45, 2.75) is 26.4 Å². The molecule has 5 heteroatoms. The van der Waals surface area contributed by atoms with Gasteiger partial charge in [-0.1, -0.05) is 0 Å². The van der Waals surface area contributed by atoms with Crippen molar-refractivity contribution < 1.29 is 14.7 Å². The number of Topliss-reactive ketones (excluding diaryl/α,β-unsaturated/α-hetero) is 1. The van der Waals surface area contributed by atoms with E-state index in [1.54, 1.807) is 32.0 Å². The Bertz CT molecular complexity index is 532. The summed E-state index contributed by atoms with van der Waals surface area (Å²) in [6.45, 7) is 6.68. The van der Waals surface area contributed by atoms with Gasteiger partial charge in [0, 0.05) is 18.8 Å². The van der Waals surface area contributed by atoms with Gasteiger partial charge in [-0.05, 0) is 39.0 Å². The molecule has 1 heterocycles. The summed E-state index contributed by atoms with van der Waals surface area (Å²) in [4.78, 5) is 24.8. The first-order chi connectivity index (χ1) is 8.81. The van der Waals surface area contributed by atoms with Crippen molar-refractivity contribution in [3.05, 3.63) is 23.8 Å². The summed E-state index contributed by atoms with van der Waals surface area (Å²) in [5.74, 6) is -1.08. The number of fused-ring (bicyclic) bond motifs is 1. The van der Waals surface area contributed by atoms with Crippen LogP contribution < -0.4 is 10.2 Å². The maximum Gasteiger partial charge on any atom is 0.296 e. The minimum Gasteiger partial charge on any atom is -0.389 e. The summed E-state index contributed by atoms with van der Waals surface area (Å²) in [5.41, 5.74) is 1.02. The van der Waals surface area contributed by atoms with Gasteiger partial charge >= 0.3 is 0 Å². The lowest BCUT2D eigenvalue weighted by Gasteiger charge is -2.30. The maximum absolute atomic E-state index is 11.5. The van der Waals surface area contributed by atoms with Gasteiger partial charge < -0.3 is 15.3 Å². The Morgan fingerprint density at radius 1 is 1.32 bits per heavy atom. The molecular weight excluding hydrogens is 244 g/mol. The van der Waals surface area contributed by atoms with Crippen LogP contribution in [-0.4, -0.2) is 35.5 Å². The van der Waals surface area contributed by atoms with Crippen LogP contribution in [0.25, 0.3) is 0 Å². The highest BCUT2D eigenvalue weighted by atomic mass is 16.3. The predicted octanol–water partition coefficient (Wildman–Crippen LogP) is 1.42. The van der Waals surface area contributed by atoms with Crippen LogP contribution >= 0.6 is 0 Å². The number of amides is 1. The second-order valence-electron chi connectivity index (χ2n) is 5.34. The van der Waals surface area contributed by atoms with Crippen molar-refractivity contribution in [2.75, 3.05) is 23.3 Å². The smallest absolute Gasteiger partial charge is 0.296 e. The molecule has 0 saturated heterocycles. The van der Waals surface area contributed by atoms with E-state index in [0.29, 0.717) is 17.8 Å². The lowest BCUT2D eigenvalue weighted by Crippen LogP contribution is -2.38. The molecule has 0 aromatic heterocycles. The number of nitrogens with zero attached hydrogens (tertiary/aromatic N) is 1. The average Bonchev–Trinajstić information content (AvgIpc) is 2.60. The van der Waals surface area contributed by atoms with Gasteiger partial charge in [0.15, 0.2) is 0 Å². The maximum atomic E-state index is 11.5. The molecule has 0 saturated carbocycles. The monoisotopic (exact) mass is 262 g/mol. The number of carbonyl (C=O) groups excluding carboxylic acids is 2. The van der Waals surface area contributed by atoms with Gasteiger partial charge in [0.2, 0.25) is 0 Å². The first-order valence-corrected chi connectivity index (χ1v) is 6.29. The zero-order valence-electron chi connectivity index (χ0n) is 11.4. The van der Waals surface area contributed by atoms with E-state index in [0.717, 1.165) is 12.2 Å². The zero-order valence-corrected chi connectivity index (χ0v) is 11.4. The Morgan fingerprint density at radius 2 is 2.00 bits per heavy atom. The van der Waals surface area contributed by atoms with E-state index >= 15 is 0 Å². The minimum absolute atomic E-state index is 0.410. The first-order valence-electron chi connectivity index (χ1n) is 6.29. The number of carbonyl (C=O) groups is 2. The third kappa shape index (κ3) is 2.76. The van der Waals surface area contributed by atoms with Crippen molar-refractivity contribution in [3.63, 3.8) is 0 Å². The molecule has 0 fully saturated rings. The molecule has 1 amide bonds. The third-order valence-electron chi connectivity index (χ3n) is 3.03. The molecule has 0 unspecified atom stereocenters. The summed E-state index contributed by atoms with van der Waals surface area (Å²) >= 11 is 0.